The fourth-order valence-corrected chi connectivity index (χ4v) is 7.60. The number of piperidine rings is 1. The fourth-order valence-electron chi connectivity index (χ4n) is 7.60. The molecule has 19 heteroatoms. The number of fused-ring (bicyclic) bond motifs is 2. The highest BCUT2D eigenvalue weighted by molar-refractivity contribution is 6.06. The summed E-state index contributed by atoms with van der Waals surface area (Å²) in [4.78, 5) is 102. The molecule has 5 aliphatic heterocycles. The van der Waals surface area contributed by atoms with Gasteiger partial charge in [-0.15, -0.1) is 0 Å². The van der Waals surface area contributed by atoms with E-state index in [9.17, 15) is 38.4 Å². The lowest BCUT2D eigenvalue weighted by atomic mass is 10.0. The fraction of sp³-hybridized carbons (Fsp3) is 0.407. The molecule has 0 unspecified atom stereocenters. The van der Waals surface area contributed by atoms with Gasteiger partial charge in [0.25, 0.3) is 11.8 Å². The molecule has 384 valence electrons. The van der Waals surface area contributed by atoms with Crippen LogP contribution in [0.4, 0.5) is 0 Å². The molecular formula is C54H60N6O13. The van der Waals surface area contributed by atoms with Crippen LogP contribution in [0.5, 0.6) is 11.5 Å². The summed E-state index contributed by atoms with van der Waals surface area (Å²) in [5, 5.41) is 2.07. The lowest BCUT2D eigenvalue weighted by Gasteiger charge is -2.29. The predicted molar refractivity (Wildman–Crippen MR) is 261 cm³/mol. The van der Waals surface area contributed by atoms with Crippen LogP contribution in [-0.4, -0.2) is 124 Å². The summed E-state index contributed by atoms with van der Waals surface area (Å²) < 4.78 is 175. The van der Waals surface area contributed by atoms with Crippen molar-refractivity contribution in [2.75, 3.05) is 39.3 Å². The average Bonchev–Trinajstić information content (AvgIpc) is 1.51. The third-order valence-electron chi connectivity index (χ3n) is 11.0. The number of carbonyl (C=O) groups is 8. The lowest BCUT2D eigenvalue weighted by molar-refractivity contribution is -0.155. The van der Waals surface area contributed by atoms with Gasteiger partial charge in [-0.2, -0.15) is 0 Å². The maximum absolute atomic E-state index is 13.4. The monoisotopic (exact) mass is 1020 g/mol. The molecule has 3 N–H and O–H groups in total. The third kappa shape index (κ3) is 12.9. The van der Waals surface area contributed by atoms with Crippen LogP contribution in [0.1, 0.15) is 125 Å². The first-order chi connectivity index (χ1) is 41.7. The quantitative estimate of drug-likeness (QED) is 0.120. The van der Waals surface area contributed by atoms with Crippen molar-refractivity contribution in [2.24, 2.45) is 5.73 Å². The van der Waals surface area contributed by atoms with E-state index in [1.54, 1.807) is 20.8 Å². The second kappa shape index (κ2) is 22.8. The maximum atomic E-state index is 13.4. The van der Waals surface area contributed by atoms with Gasteiger partial charge in [0, 0.05) is 61.1 Å². The van der Waals surface area contributed by atoms with Crippen molar-refractivity contribution in [3.05, 3.63) is 129 Å². The minimum absolute atomic E-state index is 0.0197. The molecule has 7 amide bonds. The number of nitrogens with one attached hydrogen (secondary N) is 1. The van der Waals surface area contributed by atoms with Crippen LogP contribution in [0.3, 0.4) is 0 Å². The summed E-state index contributed by atoms with van der Waals surface area (Å²) in [7, 11) is 0. The summed E-state index contributed by atoms with van der Waals surface area (Å²) in [5.74, 6) is -7.22. The predicted octanol–water partition coefficient (Wildman–Crippen LogP) is 3.94. The highest BCUT2D eigenvalue weighted by atomic mass is 16.6. The van der Waals surface area contributed by atoms with Crippen LogP contribution in [0.15, 0.2) is 84.9 Å². The maximum Gasteiger partial charge on any atom is 0.306 e. The van der Waals surface area contributed by atoms with E-state index in [1.807, 2.05) is 0 Å². The van der Waals surface area contributed by atoms with E-state index in [0.29, 0.717) is 0 Å². The summed E-state index contributed by atoms with van der Waals surface area (Å²) >= 11 is 0. The van der Waals surface area contributed by atoms with Crippen LogP contribution in [0, 0.1) is 0 Å². The Bertz CT molecular complexity index is 3630. The van der Waals surface area contributed by atoms with Gasteiger partial charge in [-0.1, -0.05) is 60.7 Å². The first kappa shape index (κ1) is 33.2. The summed E-state index contributed by atoms with van der Waals surface area (Å²) in [5.41, 5.74) is 4.40. The third-order valence-corrected chi connectivity index (χ3v) is 11.0. The Morgan fingerprint density at radius 1 is 0.767 bits per heavy atom. The van der Waals surface area contributed by atoms with Crippen LogP contribution in [0.25, 0.3) is 0 Å². The number of primary amides is 1. The molecule has 9 rings (SSSR count). The van der Waals surface area contributed by atoms with Crippen LogP contribution >= 0.6 is 0 Å². The van der Waals surface area contributed by atoms with Crippen LogP contribution in [-0.2, 0) is 82.2 Å². The van der Waals surface area contributed by atoms with Gasteiger partial charge in [0.1, 0.15) is 55.5 Å². The number of amides is 7. The lowest BCUT2D eigenvalue weighted by Crippen LogP contribution is -2.52. The Morgan fingerprint density at radius 2 is 1.27 bits per heavy atom. The van der Waals surface area contributed by atoms with E-state index in [2.05, 4.69) is 14.8 Å². The van der Waals surface area contributed by atoms with Gasteiger partial charge in [0.05, 0.1) is 50.9 Å². The first-order valence-corrected chi connectivity index (χ1v) is 22.5. The molecule has 0 spiro atoms. The number of benzene rings is 4. The number of hydrogen-bond donors (Lipinski definition) is 2. The van der Waals surface area contributed by atoms with E-state index >= 15 is 0 Å². The van der Waals surface area contributed by atoms with Crippen molar-refractivity contribution >= 4 is 47.3 Å². The normalized spacial score (nSPS) is 26.8. The zero-order valence-electron chi connectivity index (χ0n) is 57.4. The number of nitrogens with two attached hydrogens (primary N) is 1. The molecule has 5 aliphatic rings. The number of ether oxygens (including phenoxy) is 5. The topological polar surface area (TPSA) is 234 Å². The number of carbonyl (C=O) groups excluding carboxylic acids is 8. The Labute approximate surface area is 448 Å². The van der Waals surface area contributed by atoms with Crippen LogP contribution in [0.2, 0.25) is 0 Å². The van der Waals surface area contributed by atoms with Crippen molar-refractivity contribution < 1.29 is 86.7 Å². The highest BCUT2D eigenvalue weighted by Crippen LogP contribution is 2.35. The second-order valence-electron chi connectivity index (χ2n) is 17.3. The van der Waals surface area contributed by atoms with Crippen LogP contribution < -0.4 is 20.5 Å². The molecule has 5 heterocycles. The number of morpholine rings is 2. The Kier molecular flexibility index (Phi) is 10.4. The molecule has 4 aromatic rings. The number of esters is 1. The molecular weight excluding hydrogens is 941 g/mol. The second-order valence-corrected chi connectivity index (χ2v) is 17.3. The summed E-state index contributed by atoms with van der Waals surface area (Å²) in [6, 6.07) is 13.1. The van der Waals surface area contributed by atoms with E-state index in [4.69, 9.17) is 44.6 Å². The molecule has 0 bridgehead atoms. The molecule has 4 aromatic carbocycles. The number of imide groups is 1. The molecule has 0 saturated carbocycles. The highest BCUT2D eigenvalue weighted by Gasteiger charge is 2.41. The van der Waals surface area contributed by atoms with Gasteiger partial charge in [-0.3, -0.25) is 43.7 Å². The SMILES string of the molecule is [2H]C([2H])(Oc1cccc2c1CN([C@@]([2H])(CCC(=O)OC(C)(C)C)C(N)=O)C2=O)c1ccc(C([2H])([2H])N2C(=O)COC([2H])([2H])C2([2H])[2H])cc1.[2H]C([2H])(Oc1cccc2c1CN([C@@]1([2H])CCC(=O)NC1=O)C2=O)c1ccc(C([2H])([2H])N2C(=O)COC([2H])([2H])C2([2H])[2H])cc1. The average molecular weight is 1020 g/mol. The van der Waals surface area contributed by atoms with Gasteiger partial charge in [0.2, 0.25) is 29.5 Å². The molecule has 19 nitrogen and oxygen atoms in total. The zero-order valence-corrected chi connectivity index (χ0v) is 39.4. The molecule has 2 atom stereocenters. The molecule has 3 saturated heterocycles. The smallest absolute Gasteiger partial charge is 0.306 e. The van der Waals surface area contributed by atoms with Gasteiger partial charge < -0.3 is 49.0 Å². The number of nitrogens with zero attached hydrogens (tertiary/aromatic N) is 4. The minimum Gasteiger partial charge on any atom is -0.489 e. The molecule has 0 radical (unpaired) electrons. The Morgan fingerprint density at radius 3 is 1.78 bits per heavy atom. The molecule has 0 aliphatic carbocycles. The Hall–Kier alpha value is -7.64. The molecule has 3 fully saturated rings. The van der Waals surface area contributed by atoms with Gasteiger partial charge in [0.15, 0.2) is 0 Å². The summed E-state index contributed by atoms with van der Waals surface area (Å²) in [6.45, 7) is -20.7. The van der Waals surface area contributed by atoms with Crippen molar-refractivity contribution in [1.29, 1.82) is 0 Å². The van der Waals surface area contributed by atoms with Crippen molar-refractivity contribution in [3.8, 4) is 11.5 Å². The number of hydrogen-bond acceptors (Lipinski definition) is 13. The van der Waals surface area contributed by atoms with Crippen molar-refractivity contribution in [1.82, 2.24) is 24.9 Å². The van der Waals surface area contributed by atoms with E-state index < -0.39 is 137 Å². The van der Waals surface area contributed by atoms with Crippen molar-refractivity contribution in [2.45, 2.75) is 103 Å². The first-order valence-electron chi connectivity index (χ1n) is 31.5. The Balaban J connectivity index is 0.000000236. The van der Waals surface area contributed by atoms with Gasteiger partial charge in [-0.25, -0.2) is 0 Å². The van der Waals surface area contributed by atoms with Gasteiger partial charge >= 0.3 is 5.97 Å². The largest absolute Gasteiger partial charge is 0.489 e. The van der Waals surface area contributed by atoms with E-state index in [-0.39, 0.29) is 98.2 Å². The number of rotatable bonds is 16. The van der Waals surface area contributed by atoms with Crippen molar-refractivity contribution in [3.63, 3.8) is 0 Å². The van der Waals surface area contributed by atoms with Gasteiger partial charge in [-0.05, 0) is 80.1 Å². The van der Waals surface area contributed by atoms with E-state index in [0.717, 1.165) is 58.3 Å². The summed E-state index contributed by atoms with van der Waals surface area (Å²) in [6.07, 6.45) is -1.19. The minimum atomic E-state index is -3.19. The zero-order chi connectivity index (χ0) is 68.0. The van der Waals surface area contributed by atoms with E-state index in [1.165, 1.54) is 36.4 Å². The standard InChI is InChI=1S/C29H35N3O7.C25H25N3O6/c1-29(2,3)39-26(34)12-11-23(27(30)35)32-16-22-21(28(32)36)5-4-6-24(22)38-17-20-9-7-19(8-10-20)15-31-13-14-37-18-25(31)33;29-22-9-8-20(24(31)26-22)28-13-19-18(25(28)32)2-1-3-21(19)34-14-17-6-4-16(5-7-17)12-27-10-11-33-15-23(27)30/h4-10,23H,11-18H2,1-3H3,(H2,30,35);1-7,20H,8-15H2,(H,26,29,31)/t23-;20-/m00/s1/i13D2,14D2,15D2,17D2,23D;10D2,11D2,12D2,14D2,20D. The molecule has 73 heavy (non-hydrogen) atoms. The molecule has 0 aromatic heterocycles.